The van der Waals surface area contributed by atoms with E-state index in [1.165, 1.54) is 7.11 Å². The van der Waals surface area contributed by atoms with Crippen molar-refractivity contribution in [2.24, 2.45) is 0 Å². The molecular formula is C8H8ClNO2. The lowest BCUT2D eigenvalue weighted by atomic mass is 10.2. The van der Waals surface area contributed by atoms with Crippen LogP contribution in [0.3, 0.4) is 0 Å². The number of carbonyl (C=O) groups is 1. The quantitative estimate of drug-likeness (QED) is 0.563. The van der Waals surface area contributed by atoms with Gasteiger partial charge >= 0.3 is 0 Å². The van der Waals surface area contributed by atoms with Gasteiger partial charge in [0.25, 0.3) is 5.24 Å². The first-order valence-electron chi connectivity index (χ1n) is 3.29. The molecule has 0 aliphatic carbocycles. The predicted molar refractivity (Wildman–Crippen MR) is 47.6 cm³/mol. The van der Waals surface area contributed by atoms with Crippen molar-refractivity contribution in [3.8, 4) is 5.75 Å². The van der Waals surface area contributed by atoms with E-state index in [-0.39, 0.29) is 5.56 Å². The number of nitrogens with two attached hydrogens (primary N) is 1. The molecule has 12 heavy (non-hydrogen) atoms. The van der Waals surface area contributed by atoms with Gasteiger partial charge in [0, 0.05) is 5.69 Å². The molecule has 0 unspecified atom stereocenters. The summed E-state index contributed by atoms with van der Waals surface area (Å²) in [6.07, 6.45) is 0. The second kappa shape index (κ2) is 3.45. The van der Waals surface area contributed by atoms with Crippen LogP contribution in [0.4, 0.5) is 5.69 Å². The summed E-state index contributed by atoms with van der Waals surface area (Å²) in [6.45, 7) is 0. The predicted octanol–water partition coefficient (Wildman–Crippen LogP) is 1.66. The Labute approximate surface area is 75.1 Å². The van der Waals surface area contributed by atoms with Gasteiger partial charge in [0.1, 0.15) is 5.75 Å². The van der Waals surface area contributed by atoms with Gasteiger partial charge in [-0.05, 0) is 23.7 Å². The van der Waals surface area contributed by atoms with Crippen LogP contribution in [-0.2, 0) is 0 Å². The van der Waals surface area contributed by atoms with Crippen LogP contribution >= 0.6 is 11.6 Å². The average molecular weight is 186 g/mol. The van der Waals surface area contributed by atoms with Crippen molar-refractivity contribution in [3.05, 3.63) is 23.8 Å². The molecule has 0 amide bonds. The van der Waals surface area contributed by atoms with Gasteiger partial charge in [-0.25, -0.2) is 0 Å². The Bertz CT molecular complexity index is 312. The molecule has 0 aliphatic rings. The number of anilines is 1. The summed E-state index contributed by atoms with van der Waals surface area (Å²) in [7, 11) is 1.46. The standard InChI is InChI=1S/C8H8ClNO2/c1-12-6-4-2-3-5(10)7(6)8(9)11/h2-4H,10H2,1H3. The van der Waals surface area contributed by atoms with Crippen LogP contribution in [0.15, 0.2) is 18.2 Å². The number of hydrogen-bond acceptors (Lipinski definition) is 3. The number of methoxy groups -OCH3 is 1. The fraction of sp³-hybridized carbons (Fsp3) is 0.125. The van der Waals surface area contributed by atoms with E-state index in [0.29, 0.717) is 11.4 Å². The molecular weight excluding hydrogens is 178 g/mol. The van der Waals surface area contributed by atoms with E-state index in [1.807, 2.05) is 0 Å². The molecule has 2 N–H and O–H groups in total. The van der Waals surface area contributed by atoms with Crippen molar-refractivity contribution < 1.29 is 9.53 Å². The second-order valence-electron chi connectivity index (χ2n) is 2.20. The Morgan fingerprint density at radius 2 is 2.25 bits per heavy atom. The monoisotopic (exact) mass is 185 g/mol. The van der Waals surface area contributed by atoms with E-state index >= 15 is 0 Å². The summed E-state index contributed by atoms with van der Waals surface area (Å²) in [5, 5.41) is -0.607. The van der Waals surface area contributed by atoms with Crippen molar-refractivity contribution in [2.75, 3.05) is 12.8 Å². The summed E-state index contributed by atoms with van der Waals surface area (Å²) in [6, 6.07) is 4.92. The molecule has 64 valence electrons. The minimum absolute atomic E-state index is 0.224. The topological polar surface area (TPSA) is 52.3 Å². The van der Waals surface area contributed by atoms with E-state index < -0.39 is 5.24 Å². The van der Waals surface area contributed by atoms with Crippen molar-refractivity contribution in [2.45, 2.75) is 0 Å². The molecule has 4 heteroatoms. The molecule has 0 aliphatic heterocycles. The van der Waals surface area contributed by atoms with Gasteiger partial charge in [0.05, 0.1) is 12.7 Å². The SMILES string of the molecule is COc1cccc(N)c1C(=O)Cl. The molecule has 1 rings (SSSR count). The highest BCUT2D eigenvalue weighted by molar-refractivity contribution is 6.68. The molecule has 0 bridgehead atoms. The third-order valence-electron chi connectivity index (χ3n) is 1.47. The molecule has 0 saturated carbocycles. The summed E-state index contributed by atoms with van der Waals surface area (Å²) in [5.41, 5.74) is 6.06. The second-order valence-corrected chi connectivity index (χ2v) is 2.54. The molecule has 0 saturated heterocycles. The number of carbonyl (C=O) groups excluding carboxylic acids is 1. The molecule has 0 atom stereocenters. The minimum Gasteiger partial charge on any atom is -0.496 e. The Morgan fingerprint density at radius 1 is 1.58 bits per heavy atom. The Balaban J connectivity index is 3.29. The number of rotatable bonds is 2. The fourth-order valence-electron chi connectivity index (χ4n) is 0.929. The van der Waals surface area contributed by atoms with Crippen LogP contribution in [0.5, 0.6) is 5.75 Å². The Hall–Kier alpha value is -1.22. The van der Waals surface area contributed by atoms with Gasteiger partial charge < -0.3 is 10.5 Å². The van der Waals surface area contributed by atoms with Crippen molar-refractivity contribution >= 4 is 22.5 Å². The van der Waals surface area contributed by atoms with Gasteiger partial charge in [-0.1, -0.05) is 6.07 Å². The zero-order valence-electron chi connectivity index (χ0n) is 6.50. The van der Waals surface area contributed by atoms with E-state index in [9.17, 15) is 4.79 Å². The molecule has 1 aromatic rings. The maximum absolute atomic E-state index is 10.9. The first-order chi connectivity index (χ1) is 5.66. The lowest BCUT2D eigenvalue weighted by molar-refractivity contribution is 0.107. The maximum atomic E-state index is 10.9. The molecule has 0 heterocycles. The summed E-state index contributed by atoms with van der Waals surface area (Å²) >= 11 is 5.29. The van der Waals surface area contributed by atoms with Crippen LogP contribution in [0, 0.1) is 0 Å². The van der Waals surface area contributed by atoms with E-state index in [2.05, 4.69) is 0 Å². The first-order valence-corrected chi connectivity index (χ1v) is 3.67. The highest BCUT2D eigenvalue weighted by Crippen LogP contribution is 2.25. The fourth-order valence-corrected chi connectivity index (χ4v) is 1.13. The summed E-state index contributed by atoms with van der Waals surface area (Å²) in [4.78, 5) is 10.9. The Kier molecular flexibility index (Phi) is 2.55. The van der Waals surface area contributed by atoms with Gasteiger partial charge in [0.15, 0.2) is 0 Å². The number of halogens is 1. The lowest BCUT2D eigenvalue weighted by Crippen LogP contribution is -2.00. The number of benzene rings is 1. The molecule has 0 spiro atoms. The zero-order valence-corrected chi connectivity index (χ0v) is 7.26. The average Bonchev–Trinajstić information content (AvgIpc) is 2.03. The van der Waals surface area contributed by atoms with Crippen LogP contribution < -0.4 is 10.5 Å². The normalized spacial score (nSPS) is 9.50. The Morgan fingerprint density at radius 3 is 2.67 bits per heavy atom. The van der Waals surface area contributed by atoms with Gasteiger partial charge in [0.2, 0.25) is 0 Å². The largest absolute Gasteiger partial charge is 0.496 e. The lowest BCUT2D eigenvalue weighted by Gasteiger charge is -2.06. The number of hydrogen-bond donors (Lipinski definition) is 1. The third-order valence-corrected chi connectivity index (χ3v) is 1.66. The van der Waals surface area contributed by atoms with Crippen LogP contribution in [-0.4, -0.2) is 12.4 Å². The van der Waals surface area contributed by atoms with Crippen LogP contribution in [0.25, 0.3) is 0 Å². The van der Waals surface area contributed by atoms with Crippen LogP contribution in [0.2, 0.25) is 0 Å². The molecule has 0 aromatic heterocycles. The number of nitrogen functional groups attached to an aromatic ring is 1. The first kappa shape index (κ1) is 8.87. The molecule has 0 fully saturated rings. The maximum Gasteiger partial charge on any atom is 0.258 e. The van der Waals surface area contributed by atoms with Crippen molar-refractivity contribution in [1.29, 1.82) is 0 Å². The van der Waals surface area contributed by atoms with Gasteiger partial charge in [-0.15, -0.1) is 0 Å². The van der Waals surface area contributed by atoms with E-state index in [4.69, 9.17) is 22.1 Å². The highest BCUT2D eigenvalue weighted by atomic mass is 35.5. The summed E-state index contributed by atoms with van der Waals surface area (Å²) < 4.78 is 4.90. The summed E-state index contributed by atoms with van der Waals surface area (Å²) in [5.74, 6) is 0.398. The number of ether oxygens (including phenoxy) is 1. The van der Waals surface area contributed by atoms with E-state index in [0.717, 1.165) is 0 Å². The van der Waals surface area contributed by atoms with Crippen LogP contribution in [0.1, 0.15) is 10.4 Å². The third kappa shape index (κ3) is 1.51. The van der Waals surface area contributed by atoms with Crippen molar-refractivity contribution in [3.63, 3.8) is 0 Å². The molecule has 1 aromatic carbocycles. The van der Waals surface area contributed by atoms with Crippen molar-refractivity contribution in [1.82, 2.24) is 0 Å². The van der Waals surface area contributed by atoms with Gasteiger partial charge in [-0.3, -0.25) is 4.79 Å². The molecule has 3 nitrogen and oxygen atoms in total. The van der Waals surface area contributed by atoms with Gasteiger partial charge in [-0.2, -0.15) is 0 Å². The zero-order chi connectivity index (χ0) is 9.14. The minimum atomic E-state index is -0.607. The smallest absolute Gasteiger partial charge is 0.258 e. The van der Waals surface area contributed by atoms with E-state index in [1.54, 1.807) is 18.2 Å². The molecule has 0 radical (unpaired) electrons. The highest BCUT2D eigenvalue weighted by Gasteiger charge is 2.12.